The third-order valence-electron chi connectivity index (χ3n) is 1.41. The molecule has 0 spiro atoms. The van der Waals surface area contributed by atoms with Crippen molar-refractivity contribution in [1.29, 1.82) is 0 Å². The van der Waals surface area contributed by atoms with Crippen LogP contribution in [0, 0.1) is 5.82 Å². The number of hydrogen-bond donors (Lipinski definition) is 0. The van der Waals surface area contributed by atoms with Crippen LogP contribution in [0.4, 0.5) is 4.39 Å². The summed E-state index contributed by atoms with van der Waals surface area (Å²) < 4.78 is 23.3. The lowest BCUT2D eigenvalue weighted by Crippen LogP contribution is -1.91. The minimum absolute atomic E-state index is 0.191. The van der Waals surface area contributed by atoms with E-state index in [0.717, 1.165) is 0 Å². The zero-order chi connectivity index (χ0) is 9.14. The fourth-order valence-electron chi connectivity index (χ4n) is 0.849. The van der Waals surface area contributed by atoms with E-state index < -0.39 is 5.82 Å². The van der Waals surface area contributed by atoms with Gasteiger partial charge in [-0.25, -0.2) is 4.39 Å². The molecule has 0 bridgehead atoms. The maximum Gasteiger partial charge on any atom is 0.169 e. The third kappa shape index (κ3) is 1.69. The highest BCUT2D eigenvalue weighted by Gasteiger charge is 2.09. The van der Waals surface area contributed by atoms with Crippen molar-refractivity contribution in [2.45, 2.75) is 0 Å². The Morgan fingerprint density at radius 1 is 1.25 bits per heavy atom. The first-order valence-corrected chi connectivity index (χ1v) is 4.05. The summed E-state index contributed by atoms with van der Waals surface area (Å²) in [6.45, 7) is 0. The molecule has 0 aliphatic rings. The van der Waals surface area contributed by atoms with E-state index in [4.69, 9.17) is 9.47 Å². The summed E-state index contributed by atoms with van der Waals surface area (Å²) in [6.07, 6.45) is 0. The van der Waals surface area contributed by atoms with E-state index in [1.165, 1.54) is 20.3 Å². The van der Waals surface area contributed by atoms with E-state index >= 15 is 0 Å². The molecule has 12 heavy (non-hydrogen) atoms. The van der Waals surface area contributed by atoms with E-state index in [2.05, 4.69) is 15.9 Å². The highest BCUT2D eigenvalue weighted by Crippen LogP contribution is 2.31. The van der Waals surface area contributed by atoms with Gasteiger partial charge in [-0.15, -0.1) is 0 Å². The first kappa shape index (κ1) is 9.32. The molecule has 4 heteroatoms. The minimum Gasteiger partial charge on any atom is -0.497 e. The number of rotatable bonds is 2. The molecule has 0 heterocycles. The van der Waals surface area contributed by atoms with Crippen LogP contribution in [0.25, 0.3) is 0 Å². The van der Waals surface area contributed by atoms with Gasteiger partial charge in [0.1, 0.15) is 5.75 Å². The Morgan fingerprint density at radius 2 is 1.92 bits per heavy atom. The van der Waals surface area contributed by atoms with Gasteiger partial charge in [0.2, 0.25) is 0 Å². The van der Waals surface area contributed by atoms with Crippen molar-refractivity contribution in [2.75, 3.05) is 14.2 Å². The Bertz CT molecular complexity index is 265. The van der Waals surface area contributed by atoms with Gasteiger partial charge >= 0.3 is 0 Å². The van der Waals surface area contributed by atoms with Gasteiger partial charge in [0.25, 0.3) is 0 Å². The second-order valence-corrected chi connectivity index (χ2v) is 2.98. The first-order valence-electron chi connectivity index (χ1n) is 3.26. The molecule has 0 saturated heterocycles. The molecule has 0 fully saturated rings. The molecule has 0 aliphatic carbocycles. The molecule has 0 saturated carbocycles. The van der Waals surface area contributed by atoms with Gasteiger partial charge in [-0.1, -0.05) is 0 Å². The summed E-state index contributed by atoms with van der Waals surface area (Å²) in [5.41, 5.74) is 0. The summed E-state index contributed by atoms with van der Waals surface area (Å²) in [6, 6.07) is 2.91. The highest BCUT2D eigenvalue weighted by atomic mass is 79.9. The average molecular weight is 235 g/mol. The summed E-state index contributed by atoms with van der Waals surface area (Å²) >= 11 is 3.15. The molecule has 0 amide bonds. The van der Waals surface area contributed by atoms with Crippen LogP contribution in [0.15, 0.2) is 16.6 Å². The van der Waals surface area contributed by atoms with Crippen LogP contribution in [-0.2, 0) is 0 Å². The molecule has 1 aromatic carbocycles. The predicted octanol–water partition coefficient (Wildman–Crippen LogP) is 2.61. The van der Waals surface area contributed by atoms with Gasteiger partial charge in [-0.3, -0.25) is 0 Å². The Kier molecular flexibility index (Phi) is 2.92. The highest BCUT2D eigenvalue weighted by molar-refractivity contribution is 9.10. The zero-order valence-corrected chi connectivity index (χ0v) is 8.31. The molecule has 0 aliphatic heterocycles. The average Bonchev–Trinajstić information content (AvgIpc) is 2.03. The molecule has 0 radical (unpaired) electrons. The van der Waals surface area contributed by atoms with Crippen LogP contribution in [0.2, 0.25) is 0 Å². The third-order valence-corrected chi connectivity index (χ3v) is 2.00. The van der Waals surface area contributed by atoms with Gasteiger partial charge < -0.3 is 9.47 Å². The van der Waals surface area contributed by atoms with Crippen molar-refractivity contribution in [3.05, 3.63) is 22.4 Å². The lowest BCUT2D eigenvalue weighted by molar-refractivity contribution is 0.374. The lowest BCUT2D eigenvalue weighted by atomic mass is 10.3. The smallest absolute Gasteiger partial charge is 0.169 e. The molecule has 0 aromatic heterocycles. The van der Waals surface area contributed by atoms with Crippen molar-refractivity contribution in [3.8, 4) is 11.5 Å². The van der Waals surface area contributed by atoms with Crippen LogP contribution in [0.5, 0.6) is 11.5 Å². The first-order chi connectivity index (χ1) is 5.69. The summed E-state index contributed by atoms with van der Waals surface area (Å²) in [4.78, 5) is 0. The molecule has 1 aromatic rings. The summed E-state index contributed by atoms with van der Waals surface area (Å²) in [7, 11) is 2.89. The van der Waals surface area contributed by atoms with Gasteiger partial charge in [0, 0.05) is 6.07 Å². The number of methoxy groups -OCH3 is 2. The SMILES string of the molecule is COc1cc(F)c(OC)c(Br)c1. The van der Waals surface area contributed by atoms with E-state index in [1.54, 1.807) is 6.07 Å². The predicted molar refractivity (Wildman–Crippen MR) is 47.2 cm³/mol. The molecule has 0 N–H and O–H groups in total. The Morgan fingerprint density at radius 3 is 2.33 bits per heavy atom. The van der Waals surface area contributed by atoms with Crippen LogP contribution in [-0.4, -0.2) is 14.2 Å². The number of halogens is 2. The van der Waals surface area contributed by atoms with Crippen LogP contribution in [0.1, 0.15) is 0 Å². The molecular weight excluding hydrogens is 227 g/mol. The van der Waals surface area contributed by atoms with E-state index in [9.17, 15) is 4.39 Å². The number of ether oxygens (including phenoxy) is 2. The maximum absolute atomic E-state index is 13.1. The van der Waals surface area contributed by atoms with Crippen molar-refractivity contribution in [3.63, 3.8) is 0 Å². The standard InChI is InChI=1S/C8H8BrFO2/c1-11-5-3-6(9)8(12-2)7(10)4-5/h3-4H,1-2H3. The maximum atomic E-state index is 13.1. The van der Waals surface area contributed by atoms with Gasteiger partial charge in [0.05, 0.1) is 18.7 Å². The van der Waals surface area contributed by atoms with E-state index in [-0.39, 0.29) is 5.75 Å². The van der Waals surface area contributed by atoms with Gasteiger partial charge in [-0.2, -0.15) is 0 Å². The minimum atomic E-state index is -0.441. The van der Waals surface area contributed by atoms with Gasteiger partial charge in [0.15, 0.2) is 11.6 Å². The Labute approximate surface area is 78.4 Å². The van der Waals surface area contributed by atoms with Crippen molar-refractivity contribution in [1.82, 2.24) is 0 Å². The quantitative estimate of drug-likeness (QED) is 0.784. The summed E-state index contributed by atoms with van der Waals surface area (Å²) in [5.74, 6) is 0.208. The summed E-state index contributed by atoms with van der Waals surface area (Å²) in [5, 5.41) is 0. The van der Waals surface area contributed by atoms with Gasteiger partial charge in [-0.05, 0) is 22.0 Å². The van der Waals surface area contributed by atoms with E-state index in [1.807, 2.05) is 0 Å². The number of hydrogen-bond acceptors (Lipinski definition) is 2. The molecule has 0 unspecified atom stereocenters. The Balaban J connectivity index is 3.18. The fraction of sp³-hybridized carbons (Fsp3) is 0.250. The molecule has 2 nitrogen and oxygen atoms in total. The molecule has 0 atom stereocenters. The topological polar surface area (TPSA) is 18.5 Å². The zero-order valence-electron chi connectivity index (χ0n) is 6.73. The Hall–Kier alpha value is -0.770. The van der Waals surface area contributed by atoms with Crippen molar-refractivity contribution in [2.24, 2.45) is 0 Å². The van der Waals surface area contributed by atoms with Crippen LogP contribution >= 0.6 is 15.9 Å². The normalized spacial score (nSPS) is 9.67. The van der Waals surface area contributed by atoms with Crippen molar-refractivity contribution >= 4 is 15.9 Å². The monoisotopic (exact) mass is 234 g/mol. The van der Waals surface area contributed by atoms with E-state index in [0.29, 0.717) is 10.2 Å². The molecule has 66 valence electrons. The molecule has 1 rings (SSSR count). The second-order valence-electron chi connectivity index (χ2n) is 2.12. The fourth-order valence-corrected chi connectivity index (χ4v) is 1.43. The largest absolute Gasteiger partial charge is 0.497 e. The lowest BCUT2D eigenvalue weighted by Gasteiger charge is -2.06. The molecular formula is C8H8BrFO2. The second kappa shape index (κ2) is 3.76. The van der Waals surface area contributed by atoms with Crippen LogP contribution in [0.3, 0.4) is 0 Å². The van der Waals surface area contributed by atoms with Crippen molar-refractivity contribution < 1.29 is 13.9 Å². The van der Waals surface area contributed by atoms with Crippen LogP contribution < -0.4 is 9.47 Å². The number of benzene rings is 1.